The van der Waals surface area contributed by atoms with Gasteiger partial charge in [-0.3, -0.25) is 14.5 Å². The predicted octanol–water partition coefficient (Wildman–Crippen LogP) is 1.59. The van der Waals surface area contributed by atoms with Gasteiger partial charge in [-0.05, 0) is 29.5 Å². The molecular formula is C19H25Cl2N5O4S2. The number of nitrogens with two attached hydrogens (primary N) is 1. The number of hydrazone groups is 1. The van der Waals surface area contributed by atoms with E-state index in [1.54, 1.807) is 6.07 Å². The fourth-order valence-electron chi connectivity index (χ4n) is 2.75. The summed E-state index contributed by atoms with van der Waals surface area (Å²) in [4.78, 5) is 25.6. The Morgan fingerprint density at radius 1 is 1.34 bits per heavy atom. The number of carbonyl (C=O) groups excluding carboxylic acids is 2. The summed E-state index contributed by atoms with van der Waals surface area (Å²) in [6.07, 6.45) is -0.122. The maximum Gasteiger partial charge on any atom is 0.251 e. The SMILES string of the molecule is C=C(SCC(=O)NC[C@H]1CN(Cc2ccc(Cl)c(Cl)c2)CCO1)S/C(=N\N)NC(=O)CO. The van der Waals surface area contributed by atoms with E-state index in [9.17, 15) is 9.59 Å². The van der Waals surface area contributed by atoms with Crippen LogP contribution in [0.5, 0.6) is 0 Å². The quantitative estimate of drug-likeness (QED) is 0.167. The van der Waals surface area contributed by atoms with E-state index in [2.05, 4.69) is 27.2 Å². The van der Waals surface area contributed by atoms with E-state index in [1.807, 2.05) is 12.1 Å². The van der Waals surface area contributed by atoms with Crippen LogP contribution in [0.25, 0.3) is 0 Å². The number of nitrogens with zero attached hydrogens (tertiary/aromatic N) is 2. The number of halogens is 2. The summed E-state index contributed by atoms with van der Waals surface area (Å²) < 4.78 is 6.28. The summed E-state index contributed by atoms with van der Waals surface area (Å²) in [5.41, 5.74) is 1.06. The van der Waals surface area contributed by atoms with E-state index >= 15 is 0 Å². The molecule has 9 nitrogen and oxygen atoms in total. The van der Waals surface area contributed by atoms with Gasteiger partial charge in [0.25, 0.3) is 5.91 Å². The van der Waals surface area contributed by atoms with Crippen molar-refractivity contribution in [1.29, 1.82) is 0 Å². The Labute approximate surface area is 205 Å². The lowest BCUT2D eigenvalue weighted by molar-refractivity contribution is -0.122. The standard InChI is InChI=1S/C19H25Cl2N5O4S2/c1-12(32-19(25-22)24-17(28)10-27)31-11-18(29)23-7-14-9-26(4-5-30-14)8-13-2-3-15(20)16(21)6-13/h2-3,6,14,27H,1,4-5,7-11,22H2,(H,23,29)(H,24,25,28)/t14-/m0/s1. The maximum atomic E-state index is 12.2. The van der Waals surface area contributed by atoms with Crippen LogP contribution in [-0.4, -0.2) is 71.7 Å². The molecule has 1 heterocycles. The topological polar surface area (TPSA) is 129 Å². The average molecular weight is 522 g/mol. The van der Waals surface area contributed by atoms with Crippen LogP contribution in [0, 0.1) is 0 Å². The van der Waals surface area contributed by atoms with Crippen molar-refractivity contribution in [3.63, 3.8) is 0 Å². The van der Waals surface area contributed by atoms with Crippen molar-refractivity contribution in [3.05, 3.63) is 44.6 Å². The van der Waals surface area contributed by atoms with Crippen LogP contribution >= 0.6 is 46.7 Å². The molecule has 0 unspecified atom stereocenters. The first-order valence-electron chi connectivity index (χ1n) is 9.53. The number of amides is 2. The van der Waals surface area contributed by atoms with Gasteiger partial charge >= 0.3 is 0 Å². The van der Waals surface area contributed by atoms with Gasteiger partial charge in [-0.25, -0.2) is 0 Å². The molecule has 13 heteroatoms. The fraction of sp³-hybridized carbons (Fsp3) is 0.421. The zero-order valence-corrected chi connectivity index (χ0v) is 20.3. The number of nitrogens with one attached hydrogen (secondary N) is 2. The molecule has 0 aromatic heterocycles. The molecule has 0 bridgehead atoms. The predicted molar refractivity (Wildman–Crippen MR) is 131 cm³/mol. The number of morpholine rings is 1. The second-order valence-electron chi connectivity index (χ2n) is 6.68. The van der Waals surface area contributed by atoms with Crippen LogP contribution < -0.4 is 16.5 Å². The molecule has 0 radical (unpaired) electrons. The molecule has 1 aromatic rings. The van der Waals surface area contributed by atoms with Gasteiger partial charge in [0.15, 0.2) is 5.17 Å². The highest BCUT2D eigenvalue weighted by molar-refractivity contribution is 8.29. The van der Waals surface area contributed by atoms with Crippen LogP contribution in [0.4, 0.5) is 0 Å². The first kappa shape index (κ1) is 26.8. The minimum Gasteiger partial charge on any atom is -0.387 e. The summed E-state index contributed by atoms with van der Waals surface area (Å²) in [6, 6.07) is 5.58. The van der Waals surface area contributed by atoms with Crippen molar-refractivity contribution in [2.24, 2.45) is 10.9 Å². The highest BCUT2D eigenvalue weighted by atomic mass is 35.5. The van der Waals surface area contributed by atoms with Gasteiger partial charge in [0.2, 0.25) is 5.91 Å². The van der Waals surface area contributed by atoms with Crippen LogP contribution in [-0.2, 0) is 20.9 Å². The van der Waals surface area contributed by atoms with E-state index < -0.39 is 12.5 Å². The van der Waals surface area contributed by atoms with Crippen molar-refractivity contribution >= 4 is 63.7 Å². The second-order valence-corrected chi connectivity index (χ2v) is 9.91. The summed E-state index contributed by atoms with van der Waals surface area (Å²) in [5, 5.41) is 18.5. The Morgan fingerprint density at radius 2 is 2.12 bits per heavy atom. The van der Waals surface area contributed by atoms with Crippen LogP contribution in [0.2, 0.25) is 10.0 Å². The normalized spacial score (nSPS) is 17.1. The molecular weight excluding hydrogens is 497 g/mol. The highest BCUT2D eigenvalue weighted by Gasteiger charge is 2.21. The number of ether oxygens (including phenoxy) is 1. The number of hydrogen-bond acceptors (Lipinski definition) is 9. The lowest BCUT2D eigenvalue weighted by Gasteiger charge is -2.33. The molecule has 2 rings (SSSR count). The molecule has 2 amide bonds. The van der Waals surface area contributed by atoms with Gasteiger partial charge in [-0.2, -0.15) is 5.10 Å². The Bertz CT molecular complexity index is 859. The Hall–Kier alpha value is -1.47. The second kappa shape index (κ2) is 13.9. The van der Waals surface area contributed by atoms with Crippen molar-refractivity contribution in [2.75, 3.05) is 38.6 Å². The number of aliphatic hydroxyl groups excluding tert-OH is 1. The summed E-state index contributed by atoms with van der Waals surface area (Å²) in [6.45, 7) is 6.27. The third kappa shape index (κ3) is 9.57. The molecule has 176 valence electrons. The number of rotatable bonds is 9. The van der Waals surface area contributed by atoms with Crippen LogP contribution in [0.15, 0.2) is 34.1 Å². The lowest BCUT2D eigenvalue weighted by atomic mass is 10.2. The van der Waals surface area contributed by atoms with E-state index in [0.29, 0.717) is 34.0 Å². The Kier molecular flexibility index (Phi) is 11.7. The van der Waals surface area contributed by atoms with Crippen molar-refractivity contribution in [2.45, 2.75) is 12.6 Å². The van der Waals surface area contributed by atoms with Gasteiger partial charge in [-0.15, -0.1) is 11.8 Å². The molecule has 5 N–H and O–H groups in total. The minimum absolute atomic E-state index is 0.0830. The summed E-state index contributed by atoms with van der Waals surface area (Å²) in [5.74, 6) is 4.52. The van der Waals surface area contributed by atoms with Crippen LogP contribution in [0.3, 0.4) is 0 Å². The van der Waals surface area contributed by atoms with Gasteiger partial charge in [0.05, 0.1) is 28.5 Å². The fourth-order valence-corrected chi connectivity index (χ4v) is 4.55. The number of benzene rings is 1. The minimum atomic E-state index is -0.685. The van der Waals surface area contributed by atoms with Gasteiger partial charge in [0.1, 0.15) is 6.61 Å². The van der Waals surface area contributed by atoms with E-state index in [4.69, 9.17) is 38.9 Å². The van der Waals surface area contributed by atoms with Crippen molar-refractivity contribution in [3.8, 4) is 0 Å². The maximum absolute atomic E-state index is 12.2. The molecule has 1 aromatic carbocycles. The van der Waals surface area contributed by atoms with E-state index in [-0.39, 0.29) is 22.9 Å². The molecule has 1 saturated heterocycles. The molecule has 1 fully saturated rings. The molecule has 32 heavy (non-hydrogen) atoms. The number of amidine groups is 1. The highest BCUT2D eigenvalue weighted by Crippen LogP contribution is 2.26. The van der Waals surface area contributed by atoms with Crippen molar-refractivity contribution in [1.82, 2.24) is 15.5 Å². The molecule has 1 aliphatic rings. The lowest BCUT2D eigenvalue weighted by Crippen LogP contribution is -2.47. The zero-order valence-electron chi connectivity index (χ0n) is 17.2. The molecule has 1 atom stereocenters. The Morgan fingerprint density at radius 3 is 2.81 bits per heavy atom. The molecule has 0 spiro atoms. The average Bonchev–Trinajstić information content (AvgIpc) is 2.78. The van der Waals surface area contributed by atoms with Gasteiger partial charge < -0.3 is 26.3 Å². The van der Waals surface area contributed by atoms with E-state index in [0.717, 1.165) is 30.4 Å². The van der Waals surface area contributed by atoms with E-state index in [1.165, 1.54) is 11.8 Å². The third-order valence-corrected chi connectivity index (χ3v) is 6.92. The molecule has 0 saturated carbocycles. The largest absolute Gasteiger partial charge is 0.387 e. The number of hydrogen-bond donors (Lipinski definition) is 4. The summed E-state index contributed by atoms with van der Waals surface area (Å²) >= 11 is 14.2. The number of aliphatic hydroxyl groups is 1. The van der Waals surface area contributed by atoms with Gasteiger partial charge in [-0.1, -0.05) is 35.8 Å². The van der Waals surface area contributed by atoms with Crippen molar-refractivity contribution < 1.29 is 19.4 Å². The first-order chi connectivity index (χ1) is 15.3. The first-order valence-corrected chi connectivity index (χ1v) is 12.1. The van der Waals surface area contributed by atoms with Crippen LogP contribution in [0.1, 0.15) is 5.56 Å². The Balaban J connectivity index is 1.70. The number of thioether (sulfide) groups is 2. The monoisotopic (exact) mass is 521 g/mol. The zero-order chi connectivity index (χ0) is 23.5. The molecule has 1 aliphatic heterocycles. The molecule has 0 aliphatic carbocycles. The third-order valence-electron chi connectivity index (χ3n) is 4.22. The number of carbonyl (C=O) groups is 2. The summed E-state index contributed by atoms with van der Waals surface area (Å²) in [7, 11) is 0. The van der Waals surface area contributed by atoms with Gasteiger partial charge in [0, 0.05) is 30.4 Å². The smallest absolute Gasteiger partial charge is 0.251 e.